The summed E-state index contributed by atoms with van der Waals surface area (Å²) in [5.74, 6) is -0.580. The molecule has 1 N–H and O–H groups in total. The Hall–Kier alpha value is -1.74. The third-order valence-electron chi connectivity index (χ3n) is 3.00. The Morgan fingerprint density at radius 3 is 1.42 bits per heavy atom. The summed E-state index contributed by atoms with van der Waals surface area (Å²) in [5.41, 5.74) is 0.789. The minimum atomic E-state index is -0.949. The molecule has 0 amide bonds. The zero-order valence-electron chi connectivity index (χ0n) is 10.7. The van der Waals surface area contributed by atoms with Crippen LogP contribution >= 0.6 is 0 Å². The van der Waals surface area contributed by atoms with E-state index in [1.165, 1.54) is 24.3 Å². The van der Waals surface area contributed by atoms with Crippen LogP contribution in [0.4, 0.5) is 8.78 Å². The van der Waals surface area contributed by atoms with Crippen LogP contribution in [0, 0.1) is 11.6 Å². The zero-order valence-corrected chi connectivity index (χ0v) is 10.7. The summed E-state index contributed by atoms with van der Waals surface area (Å²) in [6, 6.07) is 12.2. The molecule has 0 unspecified atom stereocenters. The molecule has 2 aromatic carbocycles. The Kier molecular flexibility index (Phi) is 3.96. The highest BCUT2D eigenvalue weighted by molar-refractivity contribution is 5.21. The average molecular weight is 262 g/mol. The molecule has 0 aliphatic heterocycles. The monoisotopic (exact) mass is 262 g/mol. The third kappa shape index (κ3) is 4.14. The largest absolute Gasteiger partial charge is 0.389 e. The van der Waals surface area contributed by atoms with Gasteiger partial charge in [-0.3, -0.25) is 0 Å². The molecule has 0 bridgehead atoms. The van der Waals surface area contributed by atoms with Gasteiger partial charge in [-0.25, -0.2) is 8.78 Å². The smallest absolute Gasteiger partial charge is 0.123 e. The second kappa shape index (κ2) is 5.49. The van der Waals surface area contributed by atoms with E-state index in [9.17, 15) is 13.9 Å². The van der Waals surface area contributed by atoms with Crippen molar-refractivity contribution < 1.29 is 13.9 Å². The van der Waals surface area contributed by atoms with Gasteiger partial charge in [-0.15, -0.1) is 0 Å². The highest BCUT2D eigenvalue weighted by atomic mass is 19.1. The van der Waals surface area contributed by atoms with Crippen molar-refractivity contribution in [2.24, 2.45) is 0 Å². The maximum Gasteiger partial charge on any atom is 0.123 e. The molecule has 100 valence electrons. The molecule has 0 spiro atoms. The van der Waals surface area contributed by atoms with E-state index in [2.05, 4.69) is 0 Å². The van der Waals surface area contributed by atoms with Gasteiger partial charge < -0.3 is 5.11 Å². The van der Waals surface area contributed by atoms with Gasteiger partial charge >= 0.3 is 0 Å². The second-order valence-electron chi connectivity index (χ2n) is 5.10. The summed E-state index contributed by atoms with van der Waals surface area (Å²) < 4.78 is 25.6. The molecule has 2 rings (SSSR count). The number of rotatable bonds is 4. The van der Waals surface area contributed by atoms with Gasteiger partial charge in [0.1, 0.15) is 11.6 Å². The molecule has 1 nitrogen and oxygen atoms in total. The van der Waals surface area contributed by atoms with E-state index in [0.717, 1.165) is 11.1 Å². The van der Waals surface area contributed by atoms with Crippen LogP contribution in [0.3, 0.4) is 0 Å². The Morgan fingerprint density at radius 2 is 1.11 bits per heavy atom. The molecule has 0 saturated heterocycles. The standard InChI is InChI=1S/C16H16F2O/c1-16(19,10-12-2-6-14(17)7-3-12)11-13-4-8-15(18)9-5-13/h2-9,19H,10-11H2,1H3. The first-order valence-corrected chi connectivity index (χ1v) is 6.16. The lowest BCUT2D eigenvalue weighted by atomic mass is 9.90. The molecule has 0 heterocycles. The fourth-order valence-electron chi connectivity index (χ4n) is 2.15. The third-order valence-corrected chi connectivity index (χ3v) is 3.00. The minimum Gasteiger partial charge on any atom is -0.389 e. The lowest BCUT2D eigenvalue weighted by Crippen LogP contribution is -2.30. The molecule has 2 aromatic rings. The lowest BCUT2D eigenvalue weighted by Gasteiger charge is -2.23. The van der Waals surface area contributed by atoms with Gasteiger partial charge in [-0.1, -0.05) is 24.3 Å². The van der Waals surface area contributed by atoms with Gasteiger partial charge in [0.05, 0.1) is 5.60 Å². The van der Waals surface area contributed by atoms with E-state index < -0.39 is 5.60 Å². The fourth-order valence-corrected chi connectivity index (χ4v) is 2.15. The van der Waals surface area contributed by atoms with E-state index in [0.29, 0.717) is 12.8 Å². The summed E-state index contributed by atoms with van der Waals surface area (Å²) in [6.07, 6.45) is 0.843. The first kappa shape index (κ1) is 13.7. The van der Waals surface area contributed by atoms with Crippen molar-refractivity contribution in [3.05, 3.63) is 71.3 Å². The number of hydrogen-bond acceptors (Lipinski definition) is 1. The first-order chi connectivity index (χ1) is 8.94. The molecule has 0 atom stereocenters. The SMILES string of the molecule is CC(O)(Cc1ccc(F)cc1)Cc1ccc(F)cc1. The molecule has 0 aromatic heterocycles. The molecular formula is C16H16F2O. The molecule has 0 aliphatic carbocycles. The van der Waals surface area contributed by atoms with E-state index in [1.54, 1.807) is 31.2 Å². The van der Waals surface area contributed by atoms with Gasteiger partial charge in [0.2, 0.25) is 0 Å². The Morgan fingerprint density at radius 1 is 0.789 bits per heavy atom. The number of hydrogen-bond donors (Lipinski definition) is 1. The maximum atomic E-state index is 12.8. The Balaban J connectivity index is 2.05. The van der Waals surface area contributed by atoms with E-state index in [4.69, 9.17) is 0 Å². The van der Waals surface area contributed by atoms with Gasteiger partial charge in [0.15, 0.2) is 0 Å². The summed E-state index contributed by atoms with van der Waals surface area (Å²) >= 11 is 0. The van der Waals surface area contributed by atoms with Crippen LogP contribution in [-0.4, -0.2) is 10.7 Å². The van der Waals surface area contributed by atoms with Crippen LogP contribution in [0.2, 0.25) is 0 Å². The lowest BCUT2D eigenvalue weighted by molar-refractivity contribution is 0.0608. The van der Waals surface area contributed by atoms with Crippen LogP contribution in [0.5, 0.6) is 0 Å². The molecule has 0 radical (unpaired) electrons. The van der Waals surface area contributed by atoms with Crippen molar-refractivity contribution in [3.63, 3.8) is 0 Å². The Bertz CT molecular complexity index is 480. The normalized spacial score (nSPS) is 11.6. The second-order valence-corrected chi connectivity index (χ2v) is 5.10. The first-order valence-electron chi connectivity index (χ1n) is 6.16. The topological polar surface area (TPSA) is 20.2 Å². The summed E-state index contributed by atoms with van der Waals surface area (Å²) in [6.45, 7) is 1.72. The summed E-state index contributed by atoms with van der Waals surface area (Å²) in [5, 5.41) is 10.4. The molecule has 19 heavy (non-hydrogen) atoms. The average Bonchev–Trinajstić information content (AvgIpc) is 2.34. The zero-order chi connectivity index (χ0) is 13.9. The van der Waals surface area contributed by atoms with Gasteiger partial charge in [-0.05, 0) is 42.3 Å². The van der Waals surface area contributed by atoms with E-state index >= 15 is 0 Å². The van der Waals surface area contributed by atoms with Crippen molar-refractivity contribution in [2.45, 2.75) is 25.4 Å². The quantitative estimate of drug-likeness (QED) is 0.894. The van der Waals surface area contributed by atoms with Crippen LogP contribution in [0.15, 0.2) is 48.5 Å². The predicted octanol–water partition coefficient (Wildman–Crippen LogP) is 3.50. The van der Waals surface area contributed by atoms with Crippen LogP contribution in [0.1, 0.15) is 18.1 Å². The van der Waals surface area contributed by atoms with Crippen LogP contribution < -0.4 is 0 Å². The minimum absolute atomic E-state index is 0.290. The summed E-state index contributed by atoms with van der Waals surface area (Å²) in [4.78, 5) is 0. The maximum absolute atomic E-state index is 12.8. The predicted molar refractivity (Wildman–Crippen MR) is 70.8 cm³/mol. The summed E-state index contributed by atoms with van der Waals surface area (Å²) in [7, 11) is 0. The molecule has 0 saturated carbocycles. The van der Waals surface area contributed by atoms with Crippen molar-refractivity contribution >= 4 is 0 Å². The van der Waals surface area contributed by atoms with Crippen LogP contribution in [0.25, 0.3) is 0 Å². The van der Waals surface area contributed by atoms with Crippen molar-refractivity contribution in [2.75, 3.05) is 0 Å². The van der Waals surface area contributed by atoms with E-state index in [-0.39, 0.29) is 11.6 Å². The highest BCUT2D eigenvalue weighted by Gasteiger charge is 2.21. The van der Waals surface area contributed by atoms with Gasteiger partial charge in [0, 0.05) is 12.8 Å². The number of benzene rings is 2. The van der Waals surface area contributed by atoms with Crippen molar-refractivity contribution in [1.29, 1.82) is 0 Å². The van der Waals surface area contributed by atoms with Crippen molar-refractivity contribution in [1.82, 2.24) is 0 Å². The fraction of sp³-hybridized carbons (Fsp3) is 0.250. The van der Waals surface area contributed by atoms with Crippen LogP contribution in [-0.2, 0) is 12.8 Å². The molecule has 0 fully saturated rings. The highest BCUT2D eigenvalue weighted by Crippen LogP contribution is 2.19. The molecule has 0 aliphatic rings. The Labute approximate surface area is 111 Å². The van der Waals surface area contributed by atoms with Crippen molar-refractivity contribution in [3.8, 4) is 0 Å². The van der Waals surface area contributed by atoms with E-state index in [1.807, 2.05) is 0 Å². The number of aliphatic hydroxyl groups is 1. The van der Waals surface area contributed by atoms with Gasteiger partial charge in [0.25, 0.3) is 0 Å². The number of halogens is 2. The van der Waals surface area contributed by atoms with Gasteiger partial charge in [-0.2, -0.15) is 0 Å². The molecular weight excluding hydrogens is 246 g/mol. The molecule has 3 heteroatoms.